The van der Waals surface area contributed by atoms with Crippen molar-refractivity contribution in [3.63, 3.8) is 0 Å². The third-order valence-corrected chi connectivity index (χ3v) is 10.8. The van der Waals surface area contributed by atoms with E-state index in [9.17, 15) is 19.2 Å². The fourth-order valence-corrected chi connectivity index (χ4v) is 8.72. The second-order valence-corrected chi connectivity index (χ2v) is 13.1. The van der Waals surface area contributed by atoms with Crippen molar-refractivity contribution in [2.75, 3.05) is 37.0 Å². The summed E-state index contributed by atoms with van der Waals surface area (Å²) in [6, 6.07) is 14.5. The molecule has 4 heterocycles. The number of amides is 3. The molecule has 3 aliphatic rings. The van der Waals surface area contributed by atoms with Crippen LogP contribution < -0.4 is 14.7 Å². The number of nitrogens with zero attached hydrogens (tertiary/aromatic N) is 4. The Balaban J connectivity index is 1.43. The molecular weight excluding hydrogens is 568 g/mol. The highest BCUT2D eigenvalue weighted by Gasteiger charge is 2.56. The van der Waals surface area contributed by atoms with E-state index in [0.717, 1.165) is 46.7 Å². The first-order chi connectivity index (χ1) is 19.2. The molecular formula is C29H29ClN4O4S2. The SMILES string of the molecule is CN(C)c1ccc([C@H]2c3sc(=O)n(CC(=O)N4CCCCC4)c3SC3C(=O)N(c4ccc(Cl)cc4)C(=O)C32)cc1. The van der Waals surface area contributed by atoms with Crippen LogP contribution in [0.3, 0.4) is 0 Å². The van der Waals surface area contributed by atoms with Gasteiger partial charge in [-0.2, -0.15) is 0 Å². The van der Waals surface area contributed by atoms with Gasteiger partial charge in [0.1, 0.15) is 11.8 Å². The zero-order valence-electron chi connectivity index (χ0n) is 22.2. The number of imide groups is 1. The molecule has 3 aromatic rings. The van der Waals surface area contributed by atoms with E-state index in [-0.39, 0.29) is 29.1 Å². The number of benzene rings is 2. The summed E-state index contributed by atoms with van der Waals surface area (Å²) in [5.74, 6) is -1.89. The van der Waals surface area contributed by atoms with Crippen molar-refractivity contribution in [1.82, 2.24) is 9.47 Å². The maximum atomic E-state index is 14.0. The number of anilines is 2. The minimum Gasteiger partial charge on any atom is -0.378 e. The Bertz CT molecular complexity index is 1530. The van der Waals surface area contributed by atoms with Gasteiger partial charge in [-0.1, -0.05) is 46.8 Å². The molecule has 2 unspecified atom stereocenters. The molecule has 0 aliphatic carbocycles. The van der Waals surface area contributed by atoms with Gasteiger partial charge < -0.3 is 9.80 Å². The summed E-state index contributed by atoms with van der Waals surface area (Å²) in [5, 5.41) is 0.403. The van der Waals surface area contributed by atoms with Crippen LogP contribution in [0.1, 0.15) is 35.6 Å². The molecule has 0 spiro atoms. The van der Waals surface area contributed by atoms with Gasteiger partial charge in [0.2, 0.25) is 17.7 Å². The van der Waals surface area contributed by atoms with Crippen LogP contribution in [0.15, 0.2) is 58.4 Å². The van der Waals surface area contributed by atoms with E-state index in [1.165, 1.54) is 21.2 Å². The normalized spacial score (nSPS) is 22.3. The van der Waals surface area contributed by atoms with E-state index >= 15 is 0 Å². The molecule has 8 nitrogen and oxygen atoms in total. The van der Waals surface area contributed by atoms with Gasteiger partial charge in [0, 0.05) is 48.7 Å². The highest BCUT2D eigenvalue weighted by atomic mass is 35.5. The van der Waals surface area contributed by atoms with Crippen molar-refractivity contribution in [2.24, 2.45) is 5.92 Å². The minimum atomic E-state index is -0.723. The summed E-state index contributed by atoms with van der Waals surface area (Å²) in [5.41, 5.74) is 2.33. The third-order valence-electron chi connectivity index (χ3n) is 7.90. The number of likely N-dealkylation sites (tertiary alicyclic amines) is 1. The van der Waals surface area contributed by atoms with Crippen LogP contribution in [0.4, 0.5) is 11.4 Å². The molecule has 2 fully saturated rings. The predicted octanol–water partition coefficient (Wildman–Crippen LogP) is 4.44. The summed E-state index contributed by atoms with van der Waals surface area (Å²) in [7, 11) is 3.91. The Morgan fingerprint density at radius 1 is 0.950 bits per heavy atom. The molecule has 0 N–H and O–H groups in total. The number of thiazole rings is 1. The Kier molecular flexibility index (Phi) is 7.27. The third kappa shape index (κ3) is 4.65. The molecule has 2 aromatic carbocycles. The van der Waals surface area contributed by atoms with Crippen LogP contribution in [0, 0.1) is 5.92 Å². The molecule has 40 heavy (non-hydrogen) atoms. The van der Waals surface area contributed by atoms with Gasteiger partial charge in [-0.15, -0.1) is 0 Å². The van der Waals surface area contributed by atoms with Gasteiger partial charge in [0.05, 0.1) is 16.6 Å². The summed E-state index contributed by atoms with van der Waals surface area (Å²) in [6.07, 6.45) is 3.02. The topological polar surface area (TPSA) is 82.9 Å². The Hall–Kier alpha value is -3.08. The number of aromatic nitrogens is 1. The molecule has 3 amide bonds. The lowest BCUT2D eigenvalue weighted by Gasteiger charge is -2.31. The maximum Gasteiger partial charge on any atom is 0.308 e. The number of carbonyl (C=O) groups excluding carboxylic acids is 3. The van der Waals surface area contributed by atoms with Crippen molar-refractivity contribution in [2.45, 2.75) is 42.0 Å². The van der Waals surface area contributed by atoms with E-state index in [2.05, 4.69) is 0 Å². The second-order valence-electron chi connectivity index (χ2n) is 10.6. The molecule has 1 aromatic heterocycles. The van der Waals surface area contributed by atoms with E-state index in [0.29, 0.717) is 28.8 Å². The van der Waals surface area contributed by atoms with Gasteiger partial charge in [-0.3, -0.25) is 23.7 Å². The number of carbonyl (C=O) groups is 3. The number of hydrogen-bond acceptors (Lipinski definition) is 7. The summed E-state index contributed by atoms with van der Waals surface area (Å²) in [4.78, 5) is 59.9. The molecule has 2 saturated heterocycles. The van der Waals surface area contributed by atoms with Crippen LogP contribution in [0.25, 0.3) is 0 Å². The minimum absolute atomic E-state index is 0.0651. The van der Waals surface area contributed by atoms with Gasteiger partial charge in [-0.25, -0.2) is 4.90 Å². The van der Waals surface area contributed by atoms with E-state index in [1.807, 2.05) is 48.2 Å². The van der Waals surface area contributed by atoms with E-state index in [1.54, 1.807) is 24.3 Å². The van der Waals surface area contributed by atoms with Crippen LogP contribution >= 0.6 is 34.7 Å². The standard InChI is InChI=1S/C29H29ClN4O4S2/c1-31(2)19-10-6-17(7-11-19)22-23-24(27(37)34(26(23)36)20-12-8-18(30)9-13-20)39-28-25(22)40-29(38)33(28)16-21(35)32-14-4-3-5-15-32/h6-13,22-24H,3-5,14-16H2,1-2H3/t22-,23?,24?/m1/s1. The molecule has 0 radical (unpaired) electrons. The van der Waals surface area contributed by atoms with Crippen LogP contribution in [0.5, 0.6) is 0 Å². The summed E-state index contributed by atoms with van der Waals surface area (Å²) < 4.78 is 1.52. The molecule has 6 rings (SSSR count). The van der Waals surface area contributed by atoms with Gasteiger partial charge in [0.15, 0.2) is 0 Å². The van der Waals surface area contributed by atoms with Gasteiger partial charge >= 0.3 is 4.87 Å². The van der Waals surface area contributed by atoms with Crippen LogP contribution in [-0.4, -0.2) is 59.6 Å². The van der Waals surface area contributed by atoms with Gasteiger partial charge in [-0.05, 0) is 61.2 Å². The van der Waals surface area contributed by atoms with Gasteiger partial charge in [0.25, 0.3) is 0 Å². The van der Waals surface area contributed by atoms with E-state index < -0.39 is 17.1 Å². The molecule has 208 valence electrons. The van der Waals surface area contributed by atoms with Crippen molar-refractivity contribution < 1.29 is 14.4 Å². The average molecular weight is 597 g/mol. The summed E-state index contributed by atoms with van der Waals surface area (Å²) in [6.45, 7) is 1.33. The lowest BCUT2D eigenvalue weighted by atomic mass is 9.83. The zero-order chi connectivity index (χ0) is 28.1. The first-order valence-electron chi connectivity index (χ1n) is 13.3. The molecule has 11 heteroatoms. The first kappa shape index (κ1) is 27.1. The Labute approximate surface area is 245 Å². The number of thioether (sulfide) groups is 1. The average Bonchev–Trinajstić information content (AvgIpc) is 3.40. The monoisotopic (exact) mass is 596 g/mol. The van der Waals surface area contributed by atoms with E-state index in [4.69, 9.17) is 11.6 Å². The first-order valence-corrected chi connectivity index (χ1v) is 15.4. The smallest absolute Gasteiger partial charge is 0.308 e. The van der Waals surface area contributed by atoms with Crippen LogP contribution in [0.2, 0.25) is 5.02 Å². The van der Waals surface area contributed by atoms with Crippen molar-refractivity contribution in [1.29, 1.82) is 0 Å². The number of rotatable bonds is 5. The van der Waals surface area contributed by atoms with Crippen LogP contribution in [-0.2, 0) is 20.9 Å². The van der Waals surface area contributed by atoms with Crippen molar-refractivity contribution in [3.8, 4) is 0 Å². The number of hydrogen-bond donors (Lipinski definition) is 0. The predicted molar refractivity (Wildman–Crippen MR) is 159 cm³/mol. The zero-order valence-corrected chi connectivity index (χ0v) is 24.6. The molecule has 3 aliphatic heterocycles. The highest BCUT2D eigenvalue weighted by Crippen LogP contribution is 2.54. The highest BCUT2D eigenvalue weighted by molar-refractivity contribution is 8.00. The lowest BCUT2D eigenvalue weighted by molar-refractivity contribution is -0.133. The Morgan fingerprint density at radius 2 is 1.62 bits per heavy atom. The fraction of sp³-hybridized carbons (Fsp3) is 0.379. The van der Waals surface area contributed by atoms with Crippen molar-refractivity contribution >= 4 is 63.8 Å². The molecule has 0 bridgehead atoms. The summed E-state index contributed by atoms with van der Waals surface area (Å²) >= 11 is 8.39. The number of piperidine rings is 1. The Morgan fingerprint density at radius 3 is 2.27 bits per heavy atom. The van der Waals surface area contributed by atoms with Crippen molar-refractivity contribution in [3.05, 3.63) is 73.7 Å². The fourth-order valence-electron chi connectivity index (χ4n) is 5.82. The molecule has 3 atom stereocenters. The number of fused-ring (bicyclic) bond motifs is 2. The largest absolute Gasteiger partial charge is 0.378 e. The quantitative estimate of drug-likeness (QED) is 0.405. The lowest BCUT2D eigenvalue weighted by Crippen LogP contribution is -2.39. The maximum absolute atomic E-state index is 14.0. The molecule has 0 saturated carbocycles. The number of halogens is 1. The second kappa shape index (κ2) is 10.7.